The highest BCUT2D eigenvalue weighted by molar-refractivity contribution is 5.94. The van der Waals surface area contributed by atoms with Crippen molar-refractivity contribution in [1.29, 1.82) is 0 Å². The second-order valence-corrected chi connectivity index (χ2v) is 7.06. The van der Waals surface area contributed by atoms with Gasteiger partial charge in [0, 0.05) is 32.1 Å². The number of halogens is 1. The van der Waals surface area contributed by atoms with Crippen LogP contribution in [0.5, 0.6) is 0 Å². The van der Waals surface area contributed by atoms with Crippen LogP contribution in [0.4, 0.5) is 4.39 Å². The van der Waals surface area contributed by atoms with E-state index in [-0.39, 0.29) is 23.4 Å². The molecular weight excluding hydrogens is 295 g/mol. The number of piperidine rings is 3. The predicted molar refractivity (Wildman–Crippen MR) is 83.3 cm³/mol. The van der Waals surface area contributed by atoms with Crippen LogP contribution in [0.2, 0.25) is 0 Å². The van der Waals surface area contributed by atoms with E-state index in [1.807, 2.05) is 4.90 Å². The number of likely N-dealkylation sites (tertiary alicyclic amines) is 1. The number of benzene rings is 1. The van der Waals surface area contributed by atoms with E-state index >= 15 is 0 Å². The summed E-state index contributed by atoms with van der Waals surface area (Å²) in [6.45, 7) is 2.01. The smallest absolute Gasteiger partial charge is 0.256 e. The van der Waals surface area contributed by atoms with Crippen LogP contribution in [0.15, 0.2) is 24.3 Å². The first-order chi connectivity index (χ1) is 11.1. The molecule has 3 atom stereocenters. The highest BCUT2D eigenvalue weighted by Crippen LogP contribution is 2.38. The number of rotatable bonds is 1. The molecule has 3 aliphatic heterocycles. The molecule has 23 heavy (non-hydrogen) atoms. The third-order valence-electron chi connectivity index (χ3n) is 5.57. The molecule has 4 nitrogen and oxygen atoms in total. The molecule has 5 heteroatoms. The summed E-state index contributed by atoms with van der Waals surface area (Å²) in [6, 6.07) is 6.45. The van der Waals surface area contributed by atoms with E-state index in [2.05, 4.69) is 0 Å². The van der Waals surface area contributed by atoms with Crippen molar-refractivity contribution in [2.45, 2.75) is 31.7 Å². The lowest BCUT2D eigenvalue weighted by atomic mass is 9.76. The molecule has 1 aromatic rings. The highest BCUT2D eigenvalue weighted by Gasteiger charge is 2.44. The standard InChI is InChI=1S/C18H21FN2O2/c19-15-5-2-1-4-14(15)18(23)20-9-12-8-13(11-20)16-6-3-7-17(22)21(16)10-12/h1-2,4-5,12-13,16H,3,6-11H2/t12-,13-,16-/m1/s1. The average Bonchev–Trinajstić information content (AvgIpc) is 2.55. The molecule has 0 N–H and O–H groups in total. The van der Waals surface area contributed by atoms with E-state index in [9.17, 15) is 14.0 Å². The number of carbonyl (C=O) groups is 2. The molecule has 0 aliphatic carbocycles. The second kappa shape index (κ2) is 5.62. The van der Waals surface area contributed by atoms with Gasteiger partial charge in [-0.05, 0) is 43.2 Å². The molecule has 0 aromatic heterocycles. The zero-order chi connectivity index (χ0) is 16.0. The molecule has 0 saturated carbocycles. The van der Waals surface area contributed by atoms with E-state index in [4.69, 9.17) is 0 Å². The van der Waals surface area contributed by atoms with Gasteiger partial charge >= 0.3 is 0 Å². The average molecular weight is 316 g/mol. The minimum atomic E-state index is -0.456. The van der Waals surface area contributed by atoms with Gasteiger partial charge in [0.2, 0.25) is 5.91 Å². The molecule has 0 spiro atoms. The third kappa shape index (κ3) is 2.52. The summed E-state index contributed by atoms with van der Waals surface area (Å²) in [6.07, 6.45) is 3.72. The van der Waals surface area contributed by atoms with Gasteiger partial charge in [0.05, 0.1) is 5.56 Å². The molecular formula is C18H21FN2O2. The molecule has 122 valence electrons. The Morgan fingerprint density at radius 3 is 2.83 bits per heavy atom. The van der Waals surface area contributed by atoms with Crippen LogP contribution in [0, 0.1) is 17.7 Å². The molecule has 0 unspecified atom stereocenters. The maximum Gasteiger partial charge on any atom is 0.256 e. The monoisotopic (exact) mass is 316 g/mol. The fourth-order valence-corrected chi connectivity index (χ4v) is 4.58. The molecule has 2 bridgehead atoms. The van der Waals surface area contributed by atoms with Gasteiger partial charge in [0.15, 0.2) is 0 Å². The van der Waals surface area contributed by atoms with Gasteiger partial charge in [0.25, 0.3) is 5.91 Å². The number of amides is 2. The van der Waals surface area contributed by atoms with Crippen molar-refractivity contribution < 1.29 is 14.0 Å². The fourth-order valence-electron chi connectivity index (χ4n) is 4.58. The van der Waals surface area contributed by atoms with Crippen LogP contribution in [0.25, 0.3) is 0 Å². The summed E-state index contributed by atoms with van der Waals surface area (Å²) in [5, 5.41) is 0. The van der Waals surface area contributed by atoms with Crippen molar-refractivity contribution in [1.82, 2.24) is 9.80 Å². The molecule has 1 aromatic carbocycles. The Hall–Kier alpha value is -1.91. The fraction of sp³-hybridized carbons (Fsp3) is 0.556. The largest absolute Gasteiger partial charge is 0.339 e. The minimum absolute atomic E-state index is 0.157. The van der Waals surface area contributed by atoms with Crippen LogP contribution in [-0.2, 0) is 4.79 Å². The zero-order valence-electron chi connectivity index (χ0n) is 13.1. The van der Waals surface area contributed by atoms with Gasteiger partial charge in [-0.1, -0.05) is 12.1 Å². The molecule has 2 amide bonds. The molecule has 3 saturated heterocycles. The summed E-state index contributed by atoms with van der Waals surface area (Å²) in [5.74, 6) is 0.256. The number of hydrogen-bond donors (Lipinski definition) is 0. The Labute approximate surface area is 135 Å². The topological polar surface area (TPSA) is 40.6 Å². The van der Waals surface area contributed by atoms with E-state index < -0.39 is 5.82 Å². The van der Waals surface area contributed by atoms with Crippen LogP contribution in [0.3, 0.4) is 0 Å². The minimum Gasteiger partial charge on any atom is -0.339 e. The summed E-state index contributed by atoms with van der Waals surface area (Å²) in [5.41, 5.74) is 0.157. The Morgan fingerprint density at radius 1 is 1.17 bits per heavy atom. The number of nitrogens with zero attached hydrogens (tertiary/aromatic N) is 2. The molecule has 4 rings (SSSR count). The van der Waals surface area contributed by atoms with Crippen molar-refractivity contribution in [2.24, 2.45) is 11.8 Å². The van der Waals surface area contributed by atoms with Gasteiger partial charge in [-0.15, -0.1) is 0 Å². The van der Waals surface area contributed by atoms with Crippen molar-refractivity contribution in [2.75, 3.05) is 19.6 Å². The van der Waals surface area contributed by atoms with E-state index in [1.54, 1.807) is 23.1 Å². The van der Waals surface area contributed by atoms with E-state index in [0.29, 0.717) is 31.3 Å². The quantitative estimate of drug-likeness (QED) is 0.798. The molecule has 3 heterocycles. The van der Waals surface area contributed by atoms with Crippen molar-refractivity contribution in [3.05, 3.63) is 35.6 Å². The maximum absolute atomic E-state index is 13.9. The van der Waals surface area contributed by atoms with E-state index in [0.717, 1.165) is 25.8 Å². The maximum atomic E-state index is 13.9. The lowest BCUT2D eigenvalue weighted by molar-refractivity contribution is -0.144. The highest BCUT2D eigenvalue weighted by atomic mass is 19.1. The third-order valence-corrected chi connectivity index (χ3v) is 5.57. The molecule has 0 radical (unpaired) electrons. The number of carbonyl (C=O) groups excluding carboxylic acids is 2. The summed E-state index contributed by atoms with van der Waals surface area (Å²) < 4.78 is 13.9. The Kier molecular flexibility index (Phi) is 3.58. The van der Waals surface area contributed by atoms with Gasteiger partial charge < -0.3 is 9.80 Å². The Morgan fingerprint density at radius 2 is 2.00 bits per heavy atom. The summed E-state index contributed by atoms with van der Waals surface area (Å²) in [7, 11) is 0. The first-order valence-corrected chi connectivity index (χ1v) is 8.47. The molecule has 3 fully saturated rings. The predicted octanol–water partition coefficient (Wildman–Crippen LogP) is 2.30. The first-order valence-electron chi connectivity index (χ1n) is 8.47. The lowest BCUT2D eigenvalue weighted by Crippen LogP contribution is -2.61. The van der Waals surface area contributed by atoms with Gasteiger partial charge in [-0.25, -0.2) is 4.39 Å². The zero-order valence-corrected chi connectivity index (χ0v) is 13.1. The van der Waals surface area contributed by atoms with Gasteiger partial charge in [-0.3, -0.25) is 9.59 Å². The van der Waals surface area contributed by atoms with Crippen LogP contribution in [-0.4, -0.2) is 47.3 Å². The first kappa shape index (κ1) is 14.7. The Bertz CT molecular complexity index is 648. The van der Waals surface area contributed by atoms with Crippen LogP contribution in [0.1, 0.15) is 36.0 Å². The summed E-state index contributed by atoms with van der Waals surface area (Å²) >= 11 is 0. The second-order valence-electron chi connectivity index (χ2n) is 7.06. The number of hydrogen-bond acceptors (Lipinski definition) is 2. The normalized spacial score (nSPS) is 30.1. The Balaban J connectivity index is 1.55. The van der Waals surface area contributed by atoms with E-state index in [1.165, 1.54) is 6.07 Å². The van der Waals surface area contributed by atoms with Crippen molar-refractivity contribution in [3.8, 4) is 0 Å². The lowest BCUT2D eigenvalue weighted by Gasteiger charge is -2.52. The van der Waals surface area contributed by atoms with Gasteiger partial charge in [-0.2, -0.15) is 0 Å². The van der Waals surface area contributed by atoms with Crippen LogP contribution < -0.4 is 0 Å². The van der Waals surface area contributed by atoms with Crippen molar-refractivity contribution >= 4 is 11.8 Å². The molecule has 3 aliphatic rings. The number of fused-ring (bicyclic) bond motifs is 4. The SMILES string of the molecule is O=C(c1ccccc1F)N1C[C@H]2C[C@H](C1)[C@H]1CCCC(=O)N1C2. The van der Waals surface area contributed by atoms with Gasteiger partial charge in [0.1, 0.15) is 5.82 Å². The van der Waals surface area contributed by atoms with Crippen molar-refractivity contribution in [3.63, 3.8) is 0 Å². The summed E-state index contributed by atoms with van der Waals surface area (Å²) in [4.78, 5) is 28.7. The van der Waals surface area contributed by atoms with Crippen LogP contribution >= 0.6 is 0 Å².